The summed E-state index contributed by atoms with van der Waals surface area (Å²) in [5.74, 6) is 1.62. The van der Waals surface area contributed by atoms with Crippen molar-refractivity contribution in [1.82, 2.24) is 15.5 Å². The van der Waals surface area contributed by atoms with Crippen LogP contribution in [-0.4, -0.2) is 49.1 Å². The van der Waals surface area contributed by atoms with E-state index in [1.165, 1.54) is 45.2 Å². The fourth-order valence-electron chi connectivity index (χ4n) is 5.15. The van der Waals surface area contributed by atoms with Gasteiger partial charge in [0.15, 0.2) is 0 Å². The first-order valence-corrected chi connectivity index (χ1v) is 9.17. The summed E-state index contributed by atoms with van der Waals surface area (Å²) >= 11 is 0. The van der Waals surface area contributed by atoms with E-state index in [2.05, 4.69) is 36.3 Å². The predicted octanol–water partition coefficient (Wildman–Crippen LogP) is 2.00. The Bertz CT molecular complexity index is 417. The van der Waals surface area contributed by atoms with E-state index < -0.39 is 0 Å². The highest BCUT2D eigenvalue weighted by Gasteiger charge is 2.60. The molecule has 1 saturated heterocycles. The summed E-state index contributed by atoms with van der Waals surface area (Å²) in [5.41, 5.74) is 0.199. The molecule has 126 valence electrons. The highest BCUT2D eigenvalue weighted by atomic mass is 16.2. The van der Waals surface area contributed by atoms with Gasteiger partial charge in [0.2, 0.25) is 5.91 Å². The summed E-state index contributed by atoms with van der Waals surface area (Å²) in [5, 5.41) is 6.71. The molecule has 2 N–H and O–H groups in total. The van der Waals surface area contributed by atoms with Gasteiger partial charge in [-0.25, -0.2) is 0 Å². The molecule has 4 heteroatoms. The first-order valence-electron chi connectivity index (χ1n) is 9.17. The van der Waals surface area contributed by atoms with Crippen LogP contribution in [0.2, 0.25) is 0 Å². The van der Waals surface area contributed by atoms with Gasteiger partial charge in [-0.2, -0.15) is 0 Å². The van der Waals surface area contributed by atoms with E-state index in [9.17, 15) is 4.79 Å². The molecule has 2 saturated carbocycles. The molecule has 3 fully saturated rings. The van der Waals surface area contributed by atoms with Crippen molar-refractivity contribution in [1.29, 1.82) is 0 Å². The van der Waals surface area contributed by atoms with Gasteiger partial charge in [0.05, 0.1) is 6.54 Å². The molecule has 3 rings (SSSR count). The number of amides is 1. The molecular weight excluding hydrogens is 274 g/mol. The largest absolute Gasteiger partial charge is 0.349 e. The quantitative estimate of drug-likeness (QED) is 0.738. The Morgan fingerprint density at radius 2 is 1.82 bits per heavy atom. The molecule has 22 heavy (non-hydrogen) atoms. The molecule has 0 aromatic rings. The second kappa shape index (κ2) is 6.12. The average molecular weight is 307 g/mol. The Kier molecular flexibility index (Phi) is 4.52. The lowest BCUT2D eigenvalue weighted by Crippen LogP contribution is -2.60. The monoisotopic (exact) mass is 307 g/mol. The smallest absolute Gasteiger partial charge is 0.234 e. The van der Waals surface area contributed by atoms with Crippen LogP contribution in [-0.2, 0) is 4.79 Å². The van der Waals surface area contributed by atoms with Crippen molar-refractivity contribution in [3.63, 3.8) is 0 Å². The second-order valence-corrected chi connectivity index (χ2v) is 8.40. The third kappa shape index (κ3) is 2.80. The molecule has 3 atom stereocenters. The van der Waals surface area contributed by atoms with Gasteiger partial charge in [-0.05, 0) is 69.4 Å². The van der Waals surface area contributed by atoms with E-state index in [4.69, 9.17) is 0 Å². The van der Waals surface area contributed by atoms with Crippen molar-refractivity contribution in [3.05, 3.63) is 0 Å². The van der Waals surface area contributed by atoms with Crippen LogP contribution in [0.4, 0.5) is 0 Å². The highest BCUT2D eigenvalue weighted by Crippen LogP contribution is 2.61. The maximum atomic E-state index is 12.4. The number of likely N-dealkylation sites (tertiary alicyclic amines) is 1. The van der Waals surface area contributed by atoms with Gasteiger partial charge in [0.25, 0.3) is 0 Å². The predicted molar refractivity (Wildman–Crippen MR) is 89.7 cm³/mol. The molecule has 1 amide bonds. The van der Waals surface area contributed by atoms with Crippen LogP contribution in [0.5, 0.6) is 0 Å². The topological polar surface area (TPSA) is 44.4 Å². The van der Waals surface area contributed by atoms with Crippen LogP contribution in [0.15, 0.2) is 0 Å². The molecule has 2 bridgehead atoms. The van der Waals surface area contributed by atoms with Crippen LogP contribution >= 0.6 is 0 Å². The number of nitrogens with zero attached hydrogens (tertiary/aromatic N) is 1. The van der Waals surface area contributed by atoms with Crippen molar-refractivity contribution >= 4 is 5.91 Å². The third-order valence-electron chi connectivity index (χ3n) is 7.10. The molecule has 0 spiro atoms. The van der Waals surface area contributed by atoms with E-state index in [0.717, 1.165) is 19.0 Å². The summed E-state index contributed by atoms with van der Waals surface area (Å²) in [6.45, 7) is 11.9. The minimum absolute atomic E-state index is 0.0242. The first-order chi connectivity index (χ1) is 10.4. The number of fused-ring (bicyclic) bond motifs is 2. The van der Waals surface area contributed by atoms with Gasteiger partial charge in [0, 0.05) is 18.6 Å². The second-order valence-electron chi connectivity index (χ2n) is 8.40. The van der Waals surface area contributed by atoms with E-state index in [1.807, 2.05) is 0 Å². The zero-order chi connectivity index (χ0) is 15.8. The van der Waals surface area contributed by atoms with Gasteiger partial charge >= 0.3 is 0 Å². The molecule has 1 heterocycles. The minimum Gasteiger partial charge on any atom is -0.349 e. The van der Waals surface area contributed by atoms with Crippen LogP contribution in [0, 0.1) is 17.3 Å². The molecule has 0 aromatic heterocycles. The normalized spacial score (nSPS) is 36.9. The number of nitrogens with one attached hydrogen (secondary N) is 2. The van der Waals surface area contributed by atoms with Crippen LogP contribution in [0.3, 0.4) is 0 Å². The number of carbonyl (C=O) groups is 1. The molecular formula is C18H33N3O. The van der Waals surface area contributed by atoms with Crippen LogP contribution in [0.25, 0.3) is 0 Å². The number of hydrogen-bond acceptors (Lipinski definition) is 3. The summed E-state index contributed by atoms with van der Waals surface area (Å²) in [7, 11) is 0. The van der Waals surface area contributed by atoms with Crippen LogP contribution < -0.4 is 10.6 Å². The number of carbonyl (C=O) groups excluding carboxylic acids is 1. The minimum atomic E-state index is -0.0242. The summed E-state index contributed by atoms with van der Waals surface area (Å²) in [4.78, 5) is 14.9. The molecule has 0 aromatic carbocycles. The maximum Gasteiger partial charge on any atom is 0.234 e. The van der Waals surface area contributed by atoms with Crippen molar-refractivity contribution in [3.8, 4) is 0 Å². The number of hydrogen-bond donors (Lipinski definition) is 2. The van der Waals surface area contributed by atoms with E-state index in [-0.39, 0.29) is 16.9 Å². The number of rotatable bonds is 6. The Balaban J connectivity index is 1.43. The van der Waals surface area contributed by atoms with Gasteiger partial charge in [0.1, 0.15) is 0 Å². The van der Waals surface area contributed by atoms with Gasteiger partial charge < -0.3 is 15.5 Å². The Morgan fingerprint density at radius 3 is 2.45 bits per heavy atom. The zero-order valence-corrected chi connectivity index (χ0v) is 14.6. The average Bonchev–Trinajstić information content (AvgIpc) is 3.16. The van der Waals surface area contributed by atoms with Crippen molar-refractivity contribution < 1.29 is 4.79 Å². The molecule has 1 aliphatic heterocycles. The first kappa shape index (κ1) is 16.3. The SMILES string of the molecule is CC1(C)[C@@H]2CC[C@@H](C2)[C@@]1(C)NC(=O)CNCCN1CCCC1. The Labute approximate surface area is 135 Å². The molecule has 4 nitrogen and oxygen atoms in total. The highest BCUT2D eigenvalue weighted by molar-refractivity contribution is 5.79. The van der Waals surface area contributed by atoms with Crippen molar-refractivity contribution in [2.24, 2.45) is 17.3 Å². The van der Waals surface area contributed by atoms with Crippen LogP contribution in [0.1, 0.15) is 52.9 Å². The van der Waals surface area contributed by atoms with Crippen molar-refractivity contribution in [2.75, 3.05) is 32.7 Å². The van der Waals surface area contributed by atoms with Gasteiger partial charge in [-0.3, -0.25) is 4.79 Å². The lowest BCUT2D eigenvalue weighted by atomic mass is 9.64. The molecule has 0 unspecified atom stereocenters. The molecule has 2 aliphatic carbocycles. The van der Waals surface area contributed by atoms with E-state index in [0.29, 0.717) is 12.5 Å². The lowest BCUT2D eigenvalue weighted by Gasteiger charge is -2.48. The summed E-state index contributed by atoms with van der Waals surface area (Å²) < 4.78 is 0. The molecule has 3 aliphatic rings. The molecule has 0 radical (unpaired) electrons. The van der Waals surface area contributed by atoms with E-state index in [1.54, 1.807) is 0 Å². The van der Waals surface area contributed by atoms with Crippen molar-refractivity contribution in [2.45, 2.75) is 58.4 Å². The standard InChI is InChI=1S/C18H33N3O/c1-17(2)14-6-7-15(12-14)18(17,3)20-16(22)13-19-8-11-21-9-4-5-10-21/h14-15,19H,4-13H2,1-3H3,(H,20,22)/t14-,15+,18-/m1/s1. The lowest BCUT2D eigenvalue weighted by molar-refractivity contribution is -0.124. The fourth-order valence-corrected chi connectivity index (χ4v) is 5.15. The van der Waals surface area contributed by atoms with Gasteiger partial charge in [-0.15, -0.1) is 0 Å². The van der Waals surface area contributed by atoms with Gasteiger partial charge in [-0.1, -0.05) is 13.8 Å². The fraction of sp³-hybridized carbons (Fsp3) is 0.944. The maximum absolute atomic E-state index is 12.4. The summed E-state index contributed by atoms with van der Waals surface area (Å²) in [6.07, 6.45) is 6.59. The Morgan fingerprint density at radius 1 is 1.14 bits per heavy atom. The zero-order valence-electron chi connectivity index (χ0n) is 14.6. The Hall–Kier alpha value is -0.610. The third-order valence-corrected chi connectivity index (χ3v) is 7.10. The summed E-state index contributed by atoms with van der Waals surface area (Å²) in [6, 6.07) is 0. The van der Waals surface area contributed by atoms with E-state index >= 15 is 0 Å².